The molecule has 96 valence electrons. The standard InChI is InChI=1S/C16H20O2/c1-11-4-2-5-12(10-11)18-16-7-3-6-13-14(16)8-9-15(13)17/h3,6-7,11-12H,2,4-5,8-10H2,1H3. The summed E-state index contributed by atoms with van der Waals surface area (Å²) >= 11 is 0. The highest BCUT2D eigenvalue weighted by molar-refractivity contribution is 6.01. The van der Waals surface area contributed by atoms with Gasteiger partial charge in [-0.2, -0.15) is 0 Å². The van der Waals surface area contributed by atoms with Gasteiger partial charge in [0.25, 0.3) is 0 Å². The first-order valence-corrected chi connectivity index (χ1v) is 7.06. The second kappa shape index (κ2) is 4.75. The molecule has 0 radical (unpaired) electrons. The average molecular weight is 244 g/mol. The minimum atomic E-state index is 0.271. The first-order valence-electron chi connectivity index (χ1n) is 7.06. The van der Waals surface area contributed by atoms with Crippen molar-refractivity contribution in [1.82, 2.24) is 0 Å². The van der Waals surface area contributed by atoms with Crippen LogP contribution >= 0.6 is 0 Å². The third kappa shape index (κ3) is 2.16. The van der Waals surface area contributed by atoms with E-state index in [1.165, 1.54) is 12.8 Å². The van der Waals surface area contributed by atoms with Crippen LogP contribution in [-0.4, -0.2) is 11.9 Å². The highest BCUT2D eigenvalue weighted by Gasteiger charge is 2.25. The van der Waals surface area contributed by atoms with Crippen molar-refractivity contribution < 1.29 is 9.53 Å². The number of carbonyl (C=O) groups excluding carboxylic acids is 1. The predicted molar refractivity (Wildman–Crippen MR) is 71.1 cm³/mol. The first-order chi connectivity index (χ1) is 8.74. The molecule has 2 heteroatoms. The maximum Gasteiger partial charge on any atom is 0.163 e. The van der Waals surface area contributed by atoms with Crippen molar-refractivity contribution >= 4 is 5.78 Å². The van der Waals surface area contributed by atoms with Crippen molar-refractivity contribution in [1.29, 1.82) is 0 Å². The second-order valence-electron chi connectivity index (χ2n) is 5.72. The first kappa shape index (κ1) is 11.8. The van der Waals surface area contributed by atoms with Crippen LogP contribution in [-0.2, 0) is 6.42 Å². The van der Waals surface area contributed by atoms with Crippen molar-refractivity contribution in [2.24, 2.45) is 5.92 Å². The van der Waals surface area contributed by atoms with Crippen LogP contribution in [0.3, 0.4) is 0 Å². The minimum absolute atomic E-state index is 0.271. The molecule has 0 aromatic heterocycles. The van der Waals surface area contributed by atoms with Gasteiger partial charge in [0, 0.05) is 17.5 Å². The van der Waals surface area contributed by atoms with Crippen LogP contribution in [0.25, 0.3) is 0 Å². The van der Waals surface area contributed by atoms with E-state index < -0.39 is 0 Å². The Kier molecular flexibility index (Phi) is 3.11. The van der Waals surface area contributed by atoms with E-state index in [9.17, 15) is 4.79 Å². The van der Waals surface area contributed by atoms with E-state index in [2.05, 4.69) is 6.92 Å². The van der Waals surface area contributed by atoms with Crippen molar-refractivity contribution in [3.8, 4) is 5.75 Å². The van der Waals surface area contributed by atoms with E-state index in [0.29, 0.717) is 12.5 Å². The fourth-order valence-corrected chi connectivity index (χ4v) is 3.23. The molecule has 0 bridgehead atoms. The molecule has 1 saturated carbocycles. The molecule has 3 rings (SSSR count). The summed E-state index contributed by atoms with van der Waals surface area (Å²) < 4.78 is 6.16. The number of rotatable bonds is 2. The summed E-state index contributed by atoms with van der Waals surface area (Å²) in [7, 11) is 0. The molecule has 2 atom stereocenters. The molecular weight excluding hydrogens is 224 g/mol. The van der Waals surface area contributed by atoms with Crippen molar-refractivity contribution in [3.63, 3.8) is 0 Å². The van der Waals surface area contributed by atoms with Gasteiger partial charge in [0.2, 0.25) is 0 Å². The molecule has 1 aromatic rings. The fraction of sp³-hybridized carbons (Fsp3) is 0.562. The Morgan fingerprint density at radius 2 is 2.11 bits per heavy atom. The lowest BCUT2D eigenvalue weighted by Gasteiger charge is -2.28. The van der Waals surface area contributed by atoms with E-state index in [1.807, 2.05) is 18.2 Å². The summed E-state index contributed by atoms with van der Waals surface area (Å²) in [6, 6.07) is 5.90. The van der Waals surface area contributed by atoms with Crippen LogP contribution in [0.5, 0.6) is 5.75 Å². The quantitative estimate of drug-likeness (QED) is 0.791. The second-order valence-corrected chi connectivity index (χ2v) is 5.72. The lowest BCUT2D eigenvalue weighted by molar-refractivity contribution is 0.0994. The van der Waals surface area contributed by atoms with E-state index in [4.69, 9.17) is 4.74 Å². The van der Waals surface area contributed by atoms with Crippen LogP contribution in [0.4, 0.5) is 0 Å². The molecule has 0 aliphatic heterocycles. The minimum Gasteiger partial charge on any atom is -0.490 e. The normalized spacial score (nSPS) is 27.1. The SMILES string of the molecule is CC1CCCC(Oc2cccc3c2CCC3=O)C1. The highest BCUT2D eigenvalue weighted by atomic mass is 16.5. The molecule has 1 aromatic carbocycles. The largest absolute Gasteiger partial charge is 0.490 e. The molecule has 0 amide bonds. The Labute approximate surface area is 108 Å². The van der Waals surface area contributed by atoms with Crippen LogP contribution < -0.4 is 4.74 Å². The van der Waals surface area contributed by atoms with E-state index in [1.54, 1.807) is 0 Å². The Balaban J connectivity index is 1.79. The number of Topliss-reactive ketones (excluding diaryl/α,β-unsaturated/α-hetero) is 1. The van der Waals surface area contributed by atoms with Gasteiger partial charge >= 0.3 is 0 Å². The number of fused-ring (bicyclic) bond motifs is 1. The van der Waals surface area contributed by atoms with E-state index in [0.717, 1.165) is 42.1 Å². The molecule has 2 nitrogen and oxygen atoms in total. The van der Waals surface area contributed by atoms with Gasteiger partial charge in [0.1, 0.15) is 5.75 Å². The third-order valence-electron chi connectivity index (χ3n) is 4.22. The molecule has 2 unspecified atom stereocenters. The van der Waals surface area contributed by atoms with Gasteiger partial charge in [-0.15, -0.1) is 0 Å². The van der Waals surface area contributed by atoms with Crippen molar-refractivity contribution in [3.05, 3.63) is 29.3 Å². The molecule has 1 fully saturated rings. The summed E-state index contributed by atoms with van der Waals surface area (Å²) in [4.78, 5) is 11.7. The summed E-state index contributed by atoms with van der Waals surface area (Å²) in [5.74, 6) is 1.99. The monoisotopic (exact) mass is 244 g/mol. The third-order valence-corrected chi connectivity index (χ3v) is 4.22. The predicted octanol–water partition coefficient (Wildman–Crippen LogP) is 3.77. The number of ketones is 1. The van der Waals surface area contributed by atoms with Crippen LogP contribution in [0.1, 0.15) is 54.9 Å². The summed E-state index contributed by atoms with van der Waals surface area (Å²) in [5.41, 5.74) is 2.03. The Morgan fingerprint density at radius 3 is 2.94 bits per heavy atom. The van der Waals surface area contributed by atoms with Crippen LogP contribution in [0.2, 0.25) is 0 Å². The number of ether oxygens (including phenoxy) is 1. The van der Waals surface area contributed by atoms with E-state index in [-0.39, 0.29) is 5.78 Å². The zero-order valence-corrected chi connectivity index (χ0v) is 10.9. The number of benzene rings is 1. The van der Waals surface area contributed by atoms with Gasteiger partial charge < -0.3 is 4.74 Å². The van der Waals surface area contributed by atoms with Gasteiger partial charge in [0.05, 0.1) is 6.10 Å². The molecule has 2 aliphatic carbocycles. The van der Waals surface area contributed by atoms with Crippen molar-refractivity contribution in [2.75, 3.05) is 0 Å². The molecule has 0 N–H and O–H groups in total. The lowest BCUT2D eigenvalue weighted by Crippen LogP contribution is -2.24. The smallest absolute Gasteiger partial charge is 0.163 e. The van der Waals surface area contributed by atoms with Crippen LogP contribution in [0, 0.1) is 5.92 Å². The maximum atomic E-state index is 11.7. The summed E-state index contributed by atoms with van der Waals surface area (Å²) in [6.45, 7) is 2.30. The number of carbonyl (C=O) groups is 1. The molecule has 18 heavy (non-hydrogen) atoms. The van der Waals surface area contributed by atoms with Crippen LogP contribution in [0.15, 0.2) is 18.2 Å². The maximum absolute atomic E-state index is 11.7. The molecule has 0 heterocycles. The molecule has 0 spiro atoms. The Morgan fingerprint density at radius 1 is 1.22 bits per heavy atom. The van der Waals surface area contributed by atoms with E-state index >= 15 is 0 Å². The zero-order valence-electron chi connectivity index (χ0n) is 10.9. The Bertz CT molecular complexity index is 464. The molecule has 2 aliphatic rings. The van der Waals surface area contributed by atoms with Crippen molar-refractivity contribution in [2.45, 2.75) is 51.6 Å². The highest BCUT2D eigenvalue weighted by Crippen LogP contribution is 2.33. The van der Waals surface area contributed by atoms with Gasteiger partial charge in [-0.3, -0.25) is 4.79 Å². The Hall–Kier alpha value is -1.31. The summed E-state index contributed by atoms with van der Waals surface area (Å²) in [6.07, 6.45) is 6.74. The zero-order chi connectivity index (χ0) is 12.5. The van der Waals surface area contributed by atoms with Gasteiger partial charge in [0.15, 0.2) is 5.78 Å². The van der Waals surface area contributed by atoms with Gasteiger partial charge in [-0.05, 0) is 37.7 Å². The molecule has 0 saturated heterocycles. The molecular formula is C16H20O2. The lowest BCUT2D eigenvalue weighted by atomic mass is 9.88. The summed E-state index contributed by atoms with van der Waals surface area (Å²) in [5, 5.41) is 0. The number of hydrogen-bond acceptors (Lipinski definition) is 2. The van der Waals surface area contributed by atoms with Gasteiger partial charge in [-0.1, -0.05) is 25.5 Å². The average Bonchev–Trinajstić information content (AvgIpc) is 2.73. The van der Waals surface area contributed by atoms with Gasteiger partial charge in [-0.25, -0.2) is 0 Å². The number of hydrogen-bond donors (Lipinski definition) is 0. The topological polar surface area (TPSA) is 26.3 Å². The fourth-order valence-electron chi connectivity index (χ4n) is 3.23.